The number of fused-ring (bicyclic) bond motifs is 1. The molecule has 0 aromatic heterocycles. The van der Waals surface area contributed by atoms with Crippen LogP contribution >= 0.6 is 0 Å². The molecule has 0 fully saturated rings. The molecule has 0 saturated carbocycles. The lowest BCUT2D eigenvalue weighted by atomic mass is 9.99. The molecule has 0 unspecified atom stereocenters. The van der Waals surface area contributed by atoms with Crippen LogP contribution in [0.25, 0.3) is 11.6 Å². The van der Waals surface area contributed by atoms with Crippen LogP contribution in [0.4, 0.5) is 5.69 Å². The van der Waals surface area contributed by atoms with E-state index < -0.39 is 12.1 Å². The van der Waals surface area contributed by atoms with Gasteiger partial charge in [-0.05, 0) is 35.8 Å². The van der Waals surface area contributed by atoms with Crippen molar-refractivity contribution in [3.05, 3.63) is 47.5 Å². The van der Waals surface area contributed by atoms with Gasteiger partial charge in [-0.25, -0.2) is 0 Å². The van der Waals surface area contributed by atoms with E-state index in [9.17, 15) is 14.7 Å². The van der Waals surface area contributed by atoms with Gasteiger partial charge in [0.2, 0.25) is 5.75 Å². The third kappa shape index (κ3) is 6.06. The first kappa shape index (κ1) is 28.0. The molecule has 200 valence electrons. The second-order valence-electron chi connectivity index (χ2n) is 8.90. The first-order valence-electron chi connectivity index (χ1n) is 12.2. The first-order valence-corrected chi connectivity index (χ1v) is 12.2. The molecule has 1 amide bonds. The number of carbonyl (C=O) groups is 2. The number of methoxy groups -OCH3 is 4. The van der Waals surface area contributed by atoms with Crippen molar-refractivity contribution in [3.8, 4) is 17.2 Å². The number of nitrogens with one attached hydrogen (secondary N) is 1. The Bertz CT molecular complexity index is 1120. The Kier molecular flexibility index (Phi) is 9.54. The Hall–Kier alpha value is -3.56. The van der Waals surface area contributed by atoms with Gasteiger partial charge in [0.25, 0.3) is 5.91 Å². The van der Waals surface area contributed by atoms with Crippen LogP contribution in [0.3, 0.4) is 0 Å². The molecule has 1 aliphatic heterocycles. The number of amides is 1. The monoisotopic (exact) mass is 512 g/mol. The van der Waals surface area contributed by atoms with Crippen LogP contribution < -0.4 is 24.4 Å². The smallest absolute Gasteiger partial charge is 0.323 e. The number of rotatable bonds is 12. The lowest BCUT2D eigenvalue weighted by molar-refractivity contribution is -0.144. The molecule has 0 saturated heterocycles. The number of carbonyl (C=O) groups excluding carboxylic acids is 2. The highest BCUT2D eigenvalue weighted by atomic mass is 16.5. The number of hydrogen-bond donors (Lipinski definition) is 2. The van der Waals surface area contributed by atoms with Gasteiger partial charge in [0.05, 0.1) is 46.8 Å². The van der Waals surface area contributed by atoms with Crippen molar-refractivity contribution < 1.29 is 33.6 Å². The maximum atomic E-state index is 13.5. The third-order valence-electron chi connectivity index (χ3n) is 6.59. The lowest BCUT2D eigenvalue weighted by Crippen LogP contribution is -2.48. The molecule has 3 rings (SSSR count). The Balaban J connectivity index is 1.86. The minimum Gasteiger partial charge on any atom is -0.493 e. The van der Waals surface area contributed by atoms with E-state index in [1.165, 1.54) is 28.4 Å². The highest BCUT2D eigenvalue weighted by Crippen LogP contribution is 2.41. The number of ether oxygens (including phenoxy) is 4. The molecule has 2 N–H and O–H groups in total. The average molecular weight is 513 g/mol. The van der Waals surface area contributed by atoms with E-state index in [0.717, 1.165) is 12.0 Å². The SMILES string of the molecule is CC[C@@H](C)[C@H](NC[C@H](O)CN1C(=O)/C(=C\c2cc(OC)c(OC)c(OC)c2)c2ccccc21)C(=O)OC. The molecular weight excluding hydrogens is 476 g/mol. The van der Waals surface area contributed by atoms with Crippen LogP contribution in [0.1, 0.15) is 31.4 Å². The lowest BCUT2D eigenvalue weighted by Gasteiger charge is -2.25. The van der Waals surface area contributed by atoms with Crippen molar-refractivity contribution in [3.63, 3.8) is 0 Å². The fourth-order valence-corrected chi connectivity index (χ4v) is 4.40. The number of para-hydroxylation sites is 1. The van der Waals surface area contributed by atoms with E-state index >= 15 is 0 Å². The van der Waals surface area contributed by atoms with Gasteiger partial charge in [-0.1, -0.05) is 38.5 Å². The number of hydrogen-bond acceptors (Lipinski definition) is 8. The quantitative estimate of drug-likeness (QED) is 0.330. The van der Waals surface area contributed by atoms with E-state index in [4.69, 9.17) is 18.9 Å². The Morgan fingerprint density at radius 2 is 1.73 bits per heavy atom. The number of nitrogens with zero attached hydrogens (tertiary/aromatic N) is 1. The maximum Gasteiger partial charge on any atom is 0.323 e. The molecule has 3 atom stereocenters. The van der Waals surface area contributed by atoms with Gasteiger partial charge in [0, 0.05) is 17.7 Å². The average Bonchev–Trinajstić information content (AvgIpc) is 3.17. The largest absolute Gasteiger partial charge is 0.493 e. The Labute approximate surface area is 218 Å². The molecular formula is C28H36N2O7. The molecule has 0 spiro atoms. The minimum absolute atomic E-state index is 0.0295. The van der Waals surface area contributed by atoms with Gasteiger partial charge in [-0.3, -0.25) is 9.59 Å². The summed E-state index contributed by atoms with van der Waals surface area (Å²) in [4.78, 5) is 27.3. The highest BCUT2D eigenvalue weighted by Gasteiger charge is 2.34. The minimum atomic E-state index is -0.909. The summed E-state index contributed by atoms with van der Waals surface area (Å²) in [5.74, 6) is 0.840. The molecule has 9 heteroatoms. The van der Waals surface area contributed by atoms with E-state index in [-0.39, 0.29) is 30.9 Å². The van der Waals surface area contributed by atoms with Gasteiger partial charge >= 0.3 is 5.97 Å². The standard InChI is InChI=1S/C28H36N2O7/c1-7-17(2)25(28(33)37-6)29-15-19(31)16-30-22-11-9-8-10-20(22)21(27(30)32)12-18-13-23(34-3)26(36-5)24(14-18)35-4/h8-14,17,19,25,29,31H,7,15-16H2,1-6H3/b21-12-/t17-,19+,25+/m1/s1. The van der Waals surface area contributed by atoms with Gasteiger partial charge < -0.3 is 34.3 Å². The number of esters is 1. The van der Waals surface area contributed by atoms with Crippen LogP contribution in [0, 0.1) is 5.92 Å². The van der Waals surface area contributed by atoms with Gasteiger partial charge in [0.1, 0.15) is 6.04 Å². The molecule has 2 aromatic carbocycles. The fraction of sp³-hybridized carbons (Fsp3) is 0.429. The van der Waals surface area contributed by atoms with Crippen LogP contribution in [0.15, 0.2) is 36.4 Å². The van der Waals surface area contributed by atoms with Crippen molar-refractivity contribution in [1.82, 2.24) is 5.32 Å². The molecule has 9 nitrogen and oxygen atoms in total. The summed E-state index contributed by atoms with van der Waals surface area (Å²) in [5.41, 5.74) is 2.65. The van der Waals surface area contributed by atoms with Gasteiger partial charge in [-0.15, -0.1) is 0 Å². The predicted octanol–water partition coefficient (Wildman–Crippen LogP) is 3.14. The molecule has 0 bridgehead atoms. The number of aliphatic hydroxyl groups excluding tert-OH is 1. The second kappa shape index (κ2) is 12.6. The van der Waals surface area contributed by atoms with Crippen LogP contribution in [0.2, 0.25) is 0 Å². The normalized spacial score (nSPS) is 16.2. The molecule has 2 aromatic rings. The molecule has 1 heterocycles. The van der Waals surface area contributed by atoms with Gasteiger partial charge in [-0.2, -0.15) is 0 Å². The van der Waals surface area contributed by atoms with Crippen molar-refractivity contribution in [2.45, 2.75) is 32.4 Å². The maximum absolute atomic E-state index is 13.5. The molecule has 0 aliphatic carbocycles. The van der Waals surface area contributed by atoms with Crippen molar-refractivity contribution in [1.29, 1.82) is 0 Å². The zero-order valence-electron chi connectivity index (χ0n) is 22.2. The van der Waals surface area contributed by atoms with E-state index in [0.29, 0.717) is 34.1 Å². The number of aliphatic hydroxyl groups is 1. The van der Waals surface area contributed by atoms with Crippen molar-refractivity contribution >= 4 is 29.2 Å². The summed E-state index contributed by atoms with van der Waals surface area (Å²) in [7, 11) is 5.95. The van der Waals surface area contributed by atoms with E-state index in [1.807, 2.05) is 38.1 Å². The summed E-state index contributed by atoms with van der Waals surface area (Å²) in [6, 6.07) is 10.4. The van der Waals surface area contributed by atoms with E-state index in [2.05, 4.69) is 5.32 Å². The first-order chi connectivity index (χ1) is 17.8. The summed E-state index contributed by atoms with van der Waals surface area (Å²) >= 11 is 0. The topological polar surface area (TPSA) is 107 Å². The summed E-state index contributed by atoms with van der Waals surface area (Å²) in [6.07, 6.45) is 1.64. The Morgan fingerprint density at radius 1 is 1.08 bits per heavy atom. The van der Waals surface area contributed by atoms with Crippen molar-refractivity contribution in [2.24, 2.45) is 5.92 Å². The zero-order chi connectivity index (χ0) is 27.1. The van der Waals surface area contributed by atoms with Crippen molar-refractivity contribution in [2.75, 3.05) is 46.4 Å². The van der Waals surface area contributed by atoms with Crippen LogP contribution in [0.5, 0.6) is 17.2 Å². The highest BCUT2D eigenvalue weighted by molar-refractivity contribution is 6.35. The number of anilines is 1. The van der Waals surface area contributed by atoms with E-state index in [1.54, 1.807) is 23.1 Å². The van der Waals surface area contributed by atoms with Crippen LogP contribution in [-0.2, 0) is 14.3 Å². The van der Waals surface area contributed by atoms with Crippen LogP contribution in [-0.4, -0.2) is 70.7 Å². The zero-order valence-corrected chi connectivity index (χ0v) is 22.2. The molecule has 37 heavy (non-hydrogen) atoms. The Morgan fingerprint density at radius 3 is 2.30 bits per heavy atom. The summed E-state index contributed by atoms with van der Waals surface area (Å²) in [5, 5.41) is 13.9. The third-order valence-corrected chi connectivity index (χ3v) is 6.59. The molecule has 0 radical (unpaired) electrons. The molecule has 1 aliphatic rings. The number of β-amino-alcohol motifs (C(OH)–C–C–N with tert-alkyl or cyclic N) is 1. The van der Waals surface area contributed by atoms with Gasteiger partial charge in [0.15, 0.2) is 11.5 Å². The second-order valence-corrected chi connectivity index (χ2v) is 8.90. The summed E-state index contributed by atoms with van der Waals surface area (Å²) < 4.78 is 21.2. The number of benzene rings is 2. The fourth-order valence-electron chi connectivity index (χ4n) is 4.40. The predicted molar refractivity (Wildman–Crippen MR) is 142 cm³/mol. The summed E-state index contributed by atoms with van der Waals surface area (Å²) in [6.45, 7) is 4.12.